The van der Waals surface area contributed by atoms with E-state index in [1.54, 1.807) is 4.90 Å². The topological polar surface area (TPSA) is 67.9 Å². The van der Waals surface area contributed by atoms with Crippen molar-refractivity contribution in [1.82, 2.24) is 10.2 Å². The van der Waals surface area contributed by atoms with E-state index in [2.05, 4.69) is 12.2 Å². The maximum Gasteiger partial charge on any atom is 0.410 e. The SMILES string of the molecule is CCCCN(CC(NC(=O)OCc1ccccc1)C(C)C)C(=O)OC(C)(C)C. The predicted molar refractivity (Wildman–Crippen MR) is 111 cm³/mol. The fourth-order valence-corrected chi connectivity index (χ4v) is 2.51. The Morgan fingerprint density at radius 1 is 1.14 bits per heavy atom. The lowest BCUT2D eigenvalue weighted by molar-refractivity contribution is 0.0216. The van der Waals surface area contributed by atoms with Crippen molar-refractivity contribution in [2.24, 2.45) is 5.92 Å². The molecule has 1 rings (SSSR count). The number of alkyl carbamates (subject to hydrolysis) is 1. The van der Waals surface area contributed by atoms with Gasteiger partial charge in [0.15, 0.2) is 0 Å². The highest BCUT2D eigenvalue weighted by Crippen LogP contribution is 2.13. The number of nitrogens with one attached hydrogen (secondary N) is 1. The summed E-state index contributed by atoms with van der Waals surface area (Å²) in [6.45, 7) is 12.8. The van der Waals surface area contributed by atoms with Crippen LogP contribution < -0.4 is 5.32 Å². The third-order valence-electron chi connectivity index (χ3n) is 4.17. The maximum absolute atomic E-state index is 12.6. The molecule has 1 aromatic rings. The van der Waals surface area contributed by atoms with Crippen LogP contribution in [0.2, 0.25) is 0 Å². The molecule has 0 radical (unpaired) electrons. The van der Waals surface area contributed by atoms with Crippen molar-refractivity contribution in [3.8, 4) is 0 Å². The Morgan fingerprint density at radius 2 is 1.79 bits per heavy atom. The summed E-state index contributed by atoms with van der Waals surface area (Å²) in [6.07, 6.45) is 1.01. The van der Waals surface area contributed by atoms with Gasteiger partial charge in [0.1, 0.15) is 12.2 Å². The first-order valence-corrected chi connectivity index (χ1v) is 10.1. The average Bonchev–Trinajstić information content (AvgIpc) is 2.61. The van der Waals surface area contributed by atoms with Gasteiger partial charge in [0, 0.05) is 13.1 Å². The number of carbonyl (C=O) groups excluding carboxylic acids is 2. The van der Waals surface area contributed by atoms with E-state index in [0.717, 1.165) is 18.4 Å². The first-order valence-electron chi connectivity index (χ1n) is 10.1. The molecule has 0 aliphatic rings. The molecular formula is C22H36N2O4. The molecule has 1 aromatic carbocycles. The Kier molecular flexibility index (Phi) is 9.83. The molecule has 0 fully saturated rings. The van der Waals surface area contributed by atoms with Gasteiger partial charge in [0.05, 0.1) is 6.04 Å². The van der Waals surface area contributed by atoms with Gasteiger partial charge in [0.25, 0.3) is 0 Å². The molecule has 0 aromatic heterocycles. The highest BCUT2D eigenvalue weighted by Gasteiger charge is 2.26. The van der Waals surface area contributed by atoms with Crippen LogP contribution in [-0.4, -0.2) is 41.8 Å². The van der Waals surface area contributed by atoms with Gasteiger partial charge in [0.2, 0.25) is 0 Å². The average molecular weight is 393 g/mol. The summed E-state index contributed by atoms with van der Waals surface area (Å²) in [7, 11) is 0. The molecule has 0 aliphatic heterocycles. The largest absolute Gasteiger partial charge is 0.445 e. The molecule has 1 atom stereocenters. The summed E-state index contributed by atoms with van der Waals surface area (Å²) in [6, 6.07) is 9.30. The zero-order chi connectivity index (χ0) is 21.2. The van der Waals surface area contributed by atoms with Crippen molar-refractivity contribution < 1.29 is 19.1 Å². The number of rotatable bonds is 9. The summed E-state index contributed by atoms with van der Waals surface area (Å²) in [5, 5.41) is 2.90. The summed E-state index contributed by atoms with van der Waals surface area (Å²) in [5.74, 6) is 0.135. The zero-order valence-corrected chi connectivity index (χ0v) is 18.2. The summed E-state index contributed by atoms with van der Waals surface area (Å²) in [4.78, 5) is 26.5. The molecule has 28 heavy (non-hydrogen) atoms. The number of ether oxygens (including phenoxy) is 2. The van der Waals surface area contributed by atoms with E-state index in [-0.39, 0.29) is 24.7 Å². The summed E-state index contributed by atoms with van der Waals surface area (Å²) < 4.78 is 10.9. The van der Waals surface area contributed by atoms with Gasteiger partial charge < -0.3 is 19.7 Å². The van der Waals surface area contributed by atoms with Crippen molar-refractivity contribution in [3.05, 3.63) is 35.9 Å². The van der Waals surface area contributed by atoms with Crippen LogP contribution in [0, 0.1) is 5.92 Å². The van der Waals surface area contributed by atoms with Crippen LogP contribution in [0.1, 0.15) is 59.9 Å². The van der Waals surface area contributed by atoms with Crippen molar-refractivity contribution in [2.75, 3.05) is 13.1 Å². The number of hydrogen-bond acceptors (Lipinski definition) is 4. The van der Waals surface area contributed by atoms with Crippen LogP contribution >= 0.6 is 0 Å². The number of carbonyl (C=O) groups is 2. The van der Waals surface area contributed by atoms with Crippen molar-refractivity contribution >= 4 is 12.2 Å². The van der Waals surface area contributed by atoms with Crippen LogP contribution in [0.5, 0.6) is 0 Å². The van der Waals surface area contributed by atoms with E-state index in [9.17, 15) is 9.59 Å². The minimum Gasteiger partial charge on any atom is -0.445 e. The lowest BCUT2D eigenvalue weighted by Crippen LogP contribution is -2.49. The number of unbranched alkanes of at least 4 members (excludes halogenated alkanes) is 1. The maximum atomic E-state index is 12.6. The minimum atomic E-state index is -0.559. The Hall–Kier alpha value is -2.24. The second kappa shape index (κ2) is 11.6. The first-order chi connectivity index (χ1) is 13.1. The van der Waals surface area contributed by atoms with Crippen molar-refractivity contribution in [1.29, 1.82) is 0 Å². The van der Waals surface area contributed by atoms with Crippen LogP contribution in [0.15, 0.2) is 30.3 Å². The fourth-order valence-electron chi connectivity index (χ4n) is 2.51. The molecule has 6 nitrogen and oxygen atoms in total. The van der Waals surface area contributed by atoms with Crippen LogP contribution in [0.4, 0.5) is 9.59 Å². The molecule has 6 heteroatoms. The number of hydrogen-bond donors (Lipinski definition) is 1. The lowest BCUT2D eigenvalue weighted by atomic mass is 10.0. The molecule has 0 bridgehead atoms. The summed E-state index contributed by atoms with van der Waals surface area (Å²) >= 11 is 0. The number of amides is 2. The standard InChI is InChI=1S/C22H36N2O4/c1-7-8-14-24(21(26)28-22(4,5)6)15-19(17(2)3)23-20(25)27-16-18-12-10-9-11-13-18/h9-13,17,19H,7-8,14-16H2,1-6H3,(H,23,25). The first kappa shape index (κ1) is 23.8. The van der Waals surface area contributed by atoms with Crippen LogP contribution in [0.25, 0.3) is 0 Å². The molecule has 0 saturated heterocycles. The molecule has 2 amide bonds. The number of benzene rings is 1. The Morgan fingerprint density at radius 3 is 2.32 bits per heavy atom. The molecule has 1 unspecified atom stereocenters. The van der Waals surface area contributed by atoms with Gasteiger partial charge in [-0.3, -0.25) is 0 Å². The molecule has 158 valence electrons. The Balaban J connectivity index is 2.69. The van der Waals surface area contributed by atoms with Gasteiger partial charge in [-0.25, -0.2) is 9.59 Å². The second-order valence-corrected chi connectivity index (χ2v) is 8.34. The quantitative estimate of drug-likeness (QED) is 0.644. The Bertz CT molecular complexity index is 596. The second-order valence-electron chi connectivity index (χ2n) is 8.34. The smallest absolute Gasteiger partial charge is 0.410 e. The summed E-state index contributed by atoms with van der Waals surface area (Å²) in [5.41, 5.74) is 0.369. The zero-order valence-electron chi connectivity index (χ0n) is 18.2. The van der Waals surface area contributed by atoms with Gasteiger partial charge in [-0.2, -0.15) is 0 Å². The third-order valence-corrected chi connectivity index (χ3v) is 4.17. The van der Waals surface area contributed by atoms with Gasteiger partial charge in [-0.1, -0.05) is 57.5 Å². The van der Waals surface area contributed by atoms with E-state index in [1.807, 2.05) is 65.0 Å². The van der Waals surface area contributed by atoms with Gasteiger partial charge in [-0.15, -0.1) is 0 Å². The lowest BCUT2D eigenvalue weighted by Gasteiger charge is -2.32. The monoisotopic (exact) mass is 392 g/mol. The minimum absolute atomic E-state index is 0.135. The number of nitrogens with zero attached hydrogens (tertiary/aromatic N) is 1. The van der Waals surface area contributed by atoms with Gasteiger partial charge >= 0.3 is 12.2 Å². The Labute approximate surface area is 169 Å². The molecule has 0 spiro atoms. The van der Waals surface area contributed by atoms with E-state index in [0.29, 0.717) is 13.1 Å². The molecule has 0 heterocycles. The third kappa shape index (κ3) is 9.62. The van der Waals surface area contributed by atoms with Crippen LogP contribution in [-0.2, 0) is 16.1 Å². The predicted octanol–water partition coefficient (Wildman–Crippen LogP) is 4.97. The normalized spacial score (nSPS) is 12.4. The van der Waals surface area contributed by atoms with E-state index in [4.69, 9.17) is 9.47 Å². The molecule has 1 N–H and O–H groups in total. The van der Waals surface area contributed by atoms with Crippen molar-refractivity contribution in [2.45, 2.75) is 72.6 Å². The molecular weight excluding hydrogens is 356 g/mol. The fraction of sp³-hybridized carbons (Fsp3) is 0.636. The molecule has 0 saturated carbocycles. The highest BCUT2D eigenvalue weighted by molar-refractivity contribution is 5.69. The van der Waals surface area contributed by atoms with E-state index in [1.165, 1.54) is 0 Å². The van der Waals surface area contributed by atoms with E-state index >= 15 is 0 Å². The van der Waals surface area contributed by atoms with Gasteiger partial charge in [-0.05, 0) is 38.7 Å². The highest BCUT2D eigenvalue weighted by atomic mass is 16.6. The van der Waals surface area contributed by atoms with E-state index < -0.39 is 11.7 Å². The molecule has 0 aliphatic carbocycles. The van der Waals surface area contributed by atoms with Crippen molar-refractivity contribution in [3.63, 3.8) is 0 Å². The van der Waals surface area contributed by atoms with Crippen LogP contribution in [0.3, 0.4) is 0 Å².